The number of hydrogen-bond donors (Lipinski definition) is 2. The third-order valence-corrected chi connectivity index (χ3v) is 7.92. The number of carbonyl (C=O) groups is 1. The molecule has 2 N–H and O–H groups in total. The van der Waals surface area contributed by atoms with Crippen molar-refractivity contribution in [2.24, 2.45) is 0 Å². The second kappa shape index (κ2) is 11.3. The standard InChI is InChI=1S/C35H30ClNO6/c1-20(34(40)42-32-19-41-35(2,3)43-32)22-10-7-11-23(14-22)28-16-25-15-27(29(36)18-30(25)37-33(28)39)24-12-13-26(31(38)17-24)21-8-5-4-6-9-21/h4-18,20,32,38H,19H2,1-3H3,(H,37,39). The van der Waals surface area contributed by atoms with E-state index in [4.69, 9.17) is 25.8 Å². The van der Waals surface area contributed by atoms with Gasteiger partial charge in [0, 0.05) is 22.2 Å². The molecule has 0 spiro atoms. The van der Waals surface area contributed by atoms with Crippen molar-refractivity contribution >= 4 is 28.5 Å². The van der Waals surface area contributed by atoms with Crippen LogP contribution < -0.4 is 5.56 Å². The number of aromatic amines is 1. The molecule has 1 fully saturated rings. The normalized spacial score (nSPS) is 16.7. The molecule has 2 atom stereocenters. The molecule has 8 heteroatoms. The first-order valence-electron chi connectivity index (χ1n) is 14.0. The average Bonchev–Trinajstić information content (AvgIpc) is 3.34. The smallest absolute Gasteiger partial charge is 0.315 e. The van der Waals surface area contributed by atoms with E-state index in [0.29, 0.717) is 32.8 Å². The molecule has 2 unspecified atom stereocenters. The highest BCUT2D eigenvalue weighted by Crippen LogP contribution is 2.38. The molecular weight excluding hydrogens is 566 g/mol. The van der Waals surface area contributed by atoms with Gasteiger partial charge in [0.2, 0.25) is 6.29 Å². The number of nitrogens with one attached hydrogen (secondary N) is 1. The van der Waals surface area contributed by atoms with E-state index in [0.717, 1.165) is 22.1 Å². The molecule has 0 bridgehead atoms. The molecule has 0 aliphatic carbocycles. The third-order valence-electron chi connectivity index (χ3n) is 7.61. The first-order valence-corrected chi connectivity index (χ1v) is 14.3. The van der Waals surface area contributed by atoms with Crippen LogP contribution in [-0.2, 0) is 19.0 Å². The summed E-state index contributed by atoms with van der Waals surface area (Å²) in [6, 6.07) is 27.8. The van der Waals surface area contributed by atoms with Crippen molar-refractivity contribution in [2.45, 2.75) is 38.8 Å². The van der Waals surface area contributed by atoms with E-state index >= 15 is 0 Å². The van der Waals surface area contributed by atoms with Gasteiger partial charge < -0.3 is 24.3 Å². The van der Waals surface area contributed by atoms with E-state index in [1.807, 2.05) is 66.7 Å². The molecule has 4 aromatic carbocycles. The van der Waals surface area contributed by atoms with Crippen molar-refractivity contribution in [3.8, 4) is 39.1 Å². The Morgan fingerprint density at radius 3 is 2.37 bits per heavy atom. The fourth-order valence-electron chi connectivity index (χ4n) is 5.28. The summed E-state index contributed by atoms with van der Waals surface area (Å²) in [5.74, 6) is -1.70. The predicted octanol–water partition coefficient (Wildman–Crippen LogP) is 7.64. The van der Waals surface area contributed by atoms with E-state index in [1.54, 1.807) is 45.0 Å². The second-order valence-corrected chi connectivity index (χ2v) is 11.5. The number of rotatable bonds is 6. The van der Waals surface area contributed by atoms with Gasteiger partial charge in [-0.2, -0.15) is 0 Å². The van der Waals surface area contributed by atoms with Crippen molar-refractivity contribution in [1.82, 2.24) is 4.98 Å². The molecule has 218 valence electrons. The van der Waals surface area contributed by atoms with Crippen LogP contribution >= 0.6 is 11.6 Å². The van der Waals surface area contributed by atoms with Crippen molar-refractivity contribution in [3.63, 3.8) is 0 Å². The quantitative estimate of drug-likeness (QED) is 0.196. The summed E-state index contributed by atoms with van der Waals surface area (Å²) in [6.07, 6.45) is -0.770. The Hall–Kier alpha value is -4.43. The van der Waals surface area contributed by atoms with Crippen LogP contribution in [-0.4, -0.2) is 34.7 Å². The lowest BCUT2D eigenvalue weighted by Gasteiger charge is -2.18. The summed E-state index contributed by atoms with van der Waals surface area (Å²) in [7, 11) is 0. The number of aromatic nitrogens is 1. The molecule has 1 aliphatic rings. The Morgan fingerprint density at radius 1 is 0.930 bits per heavy atom. The minimum Gasteiger partial charge on any atom is -0.507 e. The van der Waals surface area contributed by atoms with E-state index < -0.39 is 24.0 Å². The van der Waals surface area contributed by atoms with E-state index in [-0.39, 0.29) is 17.9 Å². The summed E-state index contributed by atoms with van der Waals surface area (Å²) in [4.78, 5) is 29.0. The van der Waals surface area contributed by atoms with Gasteiger partial charge in [0.25, 0.3) is 5.56 Å². The number of phenols is 1. The van der Waals surface area contributed by atoms with Crippen molar-refractivity contribution in [1.29, 1.82) is 0 Å². The highest BCUT2D eigenvalue weighted by Gasteiger charge is 2.36. The Labute approximate surface area is 253 Å². The lowest BCUT2D eigenvalue weighted by molar-refractivity contribution is -0.198. The van der Waals surface area contributed by atoms with Gasteiger partial charge in [0.05, 0.1) is 10.9 Å². The van der Waals surface area contributed by atoms with Crippen molar-refractivity contribution in [2.75, 3.05) is 6.61 Å². The number of fused-ring (bicyclic) bond motifs is 1. The maximum Gasteiger partial charge on any atom is 0.315 e. The zero-order chi connectivity index (χ0) is 30.3. The Balaban J connectivity index is 1.31. The summed E-state index contributed by atoms with van der Waals surface area (Å²) in [5.41, 5.74) is 5.19. The number of pyridine rings is 1. The van der Waals surface area contributed by atoms with Gasteiger partial charge >= 0.3 is 5.97 Å². The van der Waals surface area contributed by atoms with Crippen LogP contribution in [0.15, 0.2) is 95.8 Å². The molecule has 0 amide bonds. The first kappa shape index (κ1) is 28.7. The van der Waals surface area contributed by atoms with Gasteiger partial charge in [-0.3, -0.25) is 9.59 Å². The number of halogens is 1. The van der Waals surface area contributed by atoms with Gasteiger partial charge in [-0.1, -0.05) is 78.3 Å². The maximum absolute atomic E-state index is 13.2. The molecule has 5 aromatic rings. The average molecular weight is 596 g/mol. The Kier molecular flexibility index (Phi) is 7.56. The van der Waals surface area contributed by atoms with Gasteiger partial charge in [0.1, 0.15) is 12.4 Å². The molecule has 0 saturated carbocycles. The SMILES string of the molecule is CC(C(=O)OC1COC(C)(C)O1)c1cccc(-c2cc3cc(-c4ccc(-c5ccccc5)c(O)c4)c(Cl)cc3[nH]c2=O)c1. The number of esters is 1. The summed E-state index contributed by atoms with van der Waals surface area (Å²) < 4.78 is 16.6. The fourth-order valence-corrected chi connectivity index (χ4v) is 5.55. The van der Waals surface area contributed by atoms with E-state index in [9.17, 15) is 14.7 Å². The second-order valence-electron chi connectivity index (χ2n) is 11.1. The summed E-state index contributed by atoms with van der Waals surface area (Å²) in [6.45, 7) is 5.44. The number of aromatic hydroxyl groups is 1. The van der Waals surface area contributed by atoms with E-state index in [1.165, 1.54) is 0 Å². The lowest BCUT2D eigenvalue weighted by atomic mass is 9.95. The number of ether oxygens (including phenoxy) is 3. The number of carbonyl (C=O) groups excluding carboxylic acids is 1. The maximum atomic E-state index is 13.2. The predicted molar refractivity (Wildman–Crippen MR) is 167 cm³/mol. The molecule has 7 nitrogen and oxygen atoms in total. The monoisotopic (exact) mass is 595 g/mol. The first-order chi connectivity index (χ1) is 20.6. The minimum absolute atomic E-state index is 0.141. The molecule has 1 aliphatic heterocycles. The number of benzene rings is 4. The van der Waals surface area contributed by atoms with Crippen LogP contribution in [0.5, 0.6) is 5.75 Å². The fraction of sp³-hybridized carbons (Fsp3) is 0.200. The molecule has 43 heavy (non-hydrogen) atoms. The number of phenolic OH excluding ortho intramolecular Hbond substituents is 1. The van der Waals surface area contributed by atoms with Crippen LogP contribution in [0, 0.1) is 0 Å². The Morgan fingerprint density at radius 2 is 1.65 bits per heavy atom. The van der Waals surface area contributed by atoms with Crippen LogP contribution in [0.1, 0.15) is 32.3 Å². The third kappa shape index (κ3) is 5.92. The van der Waals surface area contributed by atoms with Crippen LogP contribution in [0.4, 0.5) is 0 Å². The van der Waals surface area contributed by atoms with Crippen molar-refractivity contribution in [3.05, 3.63) is 112 Å². The lowest BCUT2D eigenvalue weighted by Crippen LogP contribution is -2.26. The zero-order valence-corrected chi connectivity index (χ0v) is 24.6. The van der Waals surface area contributed by atoms with Gasteiger partial charge in [0.15, 0.2) is 5.79 Å². The molecule has 0 radical (unpaired) electrons. The topological polar surface area (TPSA) is 97.8 Å². The highest BCUT2D eigenvalue weighted by molar-refractivity contribution is 6.34. The Bertz CT molecular complexity index is 1900. The van der Waals surface area contributed by atoms with Gasteiger partial charge in [-0.25, -0.2) is 0 Å². The van der Waals surface area contributed by atoms with Crippen molar-refractivity contribution < 1.29 is 24.1 Å². The molecular formula is C35H30ClNO6. The molecule has 1 saturated heterocycles. The molecule has 6 rings (SSSR count). The van der Waals surface area contributed by atoms with Crippen LogP contribution in [0.3, 0.4) is 0 Å². The largest absolute Gasteiger partial charge is 0.507 e. The zero-order valence-electron chi connectivity index (χ0n) is 23.9. The highest BCUT2D eigenvalue weighted by atomic mass is 35.5. The van der Waals surface area contributed by atoms with Crippen LogP contribution in [0.25, 0.3) is 44.3 Å². The van der Waals surface area contributed by atoms with E-state index in [2.05, 4.69) is 4.98 Å². The van der Waals surface area contributed by atoms with Crippen LogP contribution in [0.2, 0.25) is 5.02 Å². The van der Waals surface area contributed by atoms with Gasteiger partial charge in [-0.05, 0) is 72.7 Å². The number of hydrogen-bond acceptors (Lipinski definition) is 6. The number of H-pyrrole nitrogens is 1. The molecule has 2 heterocycles. The minimum atomic E-state index is -0.804. The summed E-state index contributed by atoms with van der Waals surface area (Å²) >= 11 is 6.65. The summed E-state index contributed by atoms with van der Waals surface area (Å²) in [5, 5.41) is 12.0. The molecule has 1 aromatic heterocycles. The van der Waals surface area contributed by atoms with Gasteiger partial charge in [-0.15, -0.1) is 0 Å².